The van der Waals surface area contributed by atoms with Gasteiger partial charge in [-0.1, -0.05) is 11.6 Å². The Morgan fingerprint density at radius 3 is 2.79 bits per heavy atom. The minimum Gasteiger partial charge on any atom is -0.496 e. The van der Waals surface area contributed by atoms with Crippen molar-refractivity contribution in [2.75, 3.05) is 20.7 Å². The summed E-state index contributed by atoms with van der Waals surface area (Å²) in [6.45, 7) is 0.775. The molecule has 0 saturated carbocycles. The van der Waals surface area contributed by atoms with Crippen molar-refractivity contribution in [2.45, 2.75) is 6.42 Å². The topological polar surface area (TPSA) is 21.3 Å². The lowest BCUT2D eigenvalue weighted by Crippen LogP contribution is -2.11. The van der Waals surface area contributed by atoms with Gasteiger partial charge in [0, 0.05) is 6.07 Å². The fraction of sp³-hybridized carbons (Fsp3) is 0.400. The van der Waals surface area contributed by atoms with Gasteiger partial charge in [0.15, 0.2) is 0 Å². The van der Waals surface area contributed by atoms with Crippen LogP contribution in [0.4, 0.5) is 4.39 Å². The van der Waals surface area contributed by atoms with Crippen molar-refractivity contribution in [3.63, 3.8) is 0 Å². The first kappa shape index (κ1) is 11.3. The molecule has 0 atom stereocenters. The molecule has 0 unspecified atom stereocenters. The maximum atomic E-state index is 13.1. The van der Waals surface area contributed by atoms with Crippen LogP contribution in [0.25, 0.3) is 0 Å². The number of likely N-dealkylation sites (N-methyl/N-ethyl adjacent to an activating group) is 1. The van der Waals surface area contributed by atoms with Gasteiger partial charge >= 0.3 is 0 Å². The van der Waals surface area contributed by atoms with Gasteiger partial charge in [-0.2, -0.15) is 0 Å². The molecule has 14 heavy (non-hydrogen) atoms. The minimum atomic E-state index is -0.404. The molecular weight excluding hydrogens is 205 g/mol. The molecule has 0 aromatic heterocycles. The molecule has 0 heterocycles. The third-order valence-corrected chi connectivity index (χ3v) is 2.26. The summed E-state index contributed by atoms with van der Waals surface area (Å²) in [5.41, 5.74) is 0.823. The van der Waals surface area contributed by atoms with E-state index in [1.54, 1.807) is 7.11 Å². The number of methoxy groups -OCH3 is 1. The first-order valence-corrected chi connectivity index (χ1v) is 4.73. The second-order valence-electron chi connectivity index (χ2n) is 2.93. The monoisotopic (exact) mass is 217 g/mol. The standard InChI is InChI=1S/C10H13ClFNO/c1-13-4-3-7-5-9(12)8(11)6-10(7)14-2/h5-6,13H,3-4H2,1-2H3. The number of hydrogen-bond acceptors (Lipinski definition) is 2. The Balaban J connectivity index is 2.95. The normalized spacial score (nSPS) is 10.3. The predicted octanol–water partition coefficient (Wildman–Crippen LogP) is 2.25. The second kappa shape index (κ2) is 5.17. The molecule has 2 nitrogen and oxygen atoms in total. The van der Waals surface area contributed by atoms with E-state index in [9.17, 15) is 4.39 Å². The Labute approximate surface area is 88.0 Å². The molecule has 0 radical (unpaired) electrons. The summed E-state index contributed by atoms with van der Waals surface area (Å²) in [4.78, 5) is 0. The lowest BCUT2D eigenvalue weighted by Gasteiger charge is -2.09. The van der Waals surface area contributed by atoms with Gasteiger partial charge in [0.2, 0.25) is 0 Å². The minimum absolute atomic E-state index is 0.0926. The zero-order valence-corrected chi connectivity index (χ0v) is 8.99. The van der Waals surface area contributed by atoms with E-state index in [1.807, 2.05) is 7.05 Å². The second-order valence-corrected chi connectivity index (χ2v) is 3.34. The molecule has 78 valence electrons. The van der Waals surface area contributed by atoms with E-state index in [0.29, 0.717) is 12.2 Å². The molecule has 0 spiro atoms. The summed E-state index contributed by atoms with van der Waals surface area (Å²) in [5.74, 6) is 0.227. The highest BCUT2D eigenvalue weighted by Crippen LogP contribution is 2.26. The number of benzene rings is 1. The van der Waals surface area contributed by atoms with E-state index in [2.05, 4.69) is 5.32 Å². The predicted molar refractivity (Wildman–Crippen MR) is 55.6 cm³/mol. The van der Waals surface area contributed by atoms with Gasteiger partial charge in [0.25, 0.3) is 0 Å². The van der Waals surface area contributed by atoms with E-state index >= 15 is 0 Å². The van der Waals surface area contributed by atoms with Crippen molar-refractivity contribution in [1.82, 2.24) is 5.32 Å². The molecular formula is C10H13ClFNO. The van der Waals surface area contributed by atoms with Crippen LogP contribution in [-0.2, 0) is 6.42 Å². The molecule has 0 saturated heterocycles. The third-order valence-electron chi connectivity index (χ3n) is 1.97. The third kappa shape index (κ3) is 2.59. The average Bonchev–Trinajstić information content (AvgIpc) is 2.19. The maximum Gasteiger partial charge on any atom is 0.142 e. The number of hydrogen-bond donors (Lipinski definition) is 1. The summed E-state index contributed by atoms with van der Waals surface area (Å²) in [6, 6.07) is 2.92. The largest absolute Gasteiger partial charge is 0.496 e. The van der Waals surface area contributed by atoms with Gasteiger partial charge in [-0.05, 0) is 31.6 Å². The van der Waals surface area contributed by atoms with Crippen molar-refractivity contribution in [3.8, 4) is 5.75 Å². The summed E-state index contributed by atoms with van der Waals surface area (Å²) < 4.78 is 18.2. The lowest BCUT2D eigenvalue weighted by molar-refractivity contribution is 0.408. The van der Waals surface area contributed by atoms with E-state index < -0.39 is 5.82 Å². The van der Waals surface area contributed by atoms with Crippen LogP contribution in [-0.4, -0.2) is 20.7 Å². The fourth-order valence-corrected chi connectivity index (χ4v) is 1.37. The number of ether oxygens (including phenoxy) is 1. The Morgan fingerprint density at radius 1 is 1.50 bits per heavy atom. The SMILES string of the molecule is CNCCc1cc(F)c(Cl)cc1OC. The van der Waals surface area contributed by atoms with E-state index in [0.717, 1.165) is 12.1 Å². The Kier molecular flexibility index (Phi) is 4.17. The highest BCUT2D eigenvalue weighted by atomic mass is 35.5. The van der Waals surface area contributed by atoms with Crippen LogP contribution in [0.3, 0.4) is 0 Å². The van der Waals surface area contributed by atoms with Crippen molar-refractivity contribution >= 4 is 11.6 Å². The van der Waals surface area contributed by atoms with Crippen LogP contribution in [0.1, 0.15) is 5.56 Å². The number of nitrogens with one attached hydrogen (secondary N) is 1. The van der Waals surface area contributed by atoms with E-state index in [-0.39, 0.29) is 5.02 Å². The summed E-state index contributed by atoms with van der Waals surface area (Å²) >= 11 is 5.63. The van der Waals surface area contributed by atoms with Crippen LogP contribution in [0.15, 0.2) is 12.1 Å². The van der Waals surface area contributed by atoms with Gasteiger partial charge in [0.1, 0.15) is 11.6 Å². The van der Waals surface area contributed by atoms with Crippen LogP contribution in [0, 0.1) is 5.82 Å². The van der Waals surface area contributed by atoms with Crippen molar-refractivity contribution in [1.29, 1.82) is 0 Å². The molecule has 1 aromatic rings. The Morgan fingerprint density at radius 2 is 2.21 bits per heavy atom. The quantitative estimate of drug-likeness (QED) is 0.836. The zero-order chi connectivity index (χ0) is 10.6. The molecule has 0 fully saturated rings. The molecule has 1 rings (SSSR count). The first-order chi connectivity index (χ1) is 6.69. The van der Waals surface area contributed by atoms with Gasteiger partial charge in [0.05, 0.1) is 12.1 Å². The average molecular weight is 218 g/mol. The Bertz CT molecular complexity index is 317. The van der Waals surface area contributed by atoms with Crippen LogP contribution < -0.4 is 10.1 Å². The molecule has 0 amide bonds. The molecule has 4 heteroatoms. The van der Waals surface area contributed by atoms with Crippen molar-refractivity contribution in [3.05, 3.63) is 28.5 Å². The van der Waals surface area contributed by atoms with Crippen LogP contribution >= 0.6 is 11.6 Å². The summed E-state index contributed by atoms with van der Waals surface area (Å²) in [7, 11) is 3.39. The van der Waals surface area contributed by atoms with Crippen molar-refractivity contribution < 1.29 is 9.13 Å². The molecule has 0 aliphatic rings. The lowest BCUT2D eigenvalue weighted by atomic mass is 10.1. The summed E-state index contributed by atoms with van der Waals surface area (Å²) in [5, 5.41) is 3.08. The number of halogens is 2. The number of rotatable bonds is 4. The van der Waals surface area contributed by atoms with E-state index in [1.165, 1.54) is 12.1 Å². The Hall–Kier alpha value is -0.800. The molecule has 1 N–H and O–H groups in total. The van der Waals surface area contributed by atoms with Crippen molar-refractivity contribution in [2.24, 2.45) is 0 Å². The van der Waals surface area contributed by atoms with Gasteiger partial charge in [-0.15, -0.1) is 0 Å². The van der Waals surface area contributed by atoms with Gasteiger partial charge in [-0.3, -0.25) is 0 Å². The molecule has 0 bridgehead atoms. The zero-order valence-electron chi connectivity index (χ0n) is 8.23. The summed E-state index contributed by atoms with van der Waals surface area (Å²) in [6.07, 6.45) is 0.716. The van der Waals surface area contributed by atoms with Gasteiger partial charge in [-0.25, -0.2) is 4.39 Å². The van der Waals surface area contributed by atoms with Crippen LogP contribution in [0.2, 0.25) is 5.02 Å². The van der Waals surface area contributed by atoms with E-state index in [4.69, 9.17) is 16.3 Å². The first-order valence-electron chi connectivity index (χ1n) is 4.35. The van der Waals surface area contributed by atoms with Gasteiger partial charge < -0.3 is 10.1 Å². The highest BCUT2D eigenvalue weighted by Gasteiger charge is 2.08. The molecule has 1 aromatic carbocycles. The molecule has 0 aliphatic heterocycles. The van der Waals surface area contributed by atoms with Crippen LogP contribution in [0.5, 0.6) is 5.75 Å². The maximum absolute atomic E-state index is 13.1. The highest BCUT2D eigenvalue weighted by molar-refractivity contribution is 6.30. The fourth-order valence-electron chi connectivity index (χ4n) is 1.21. The molecule has 0 aliphatic carbocycles. The smallest absolute Gasteiger partial charge is 0.142 e.